The highest BCUT2D eigenvalue weighted by molar-refractivity contribution is 7.12. The quantitative estimate of drug-likeness (QED) is 0.677. The van der Waals surface area contributed by atoms with Crippen LogP contribution in [-0.4, -0.2) is 52.7 Å². The van der Waals surface area contributed by atoms with Crippen LogP contribution in [0.2, 0.25) is 0 Å². The van der Waals surface area contributed by atoms with E-state index >= 15 is 0 Å². The third kappa shape index (κ3) is 5.23. The third-order valence-corrected chi connectivity index (χ3v) is 7.15. The molecule has 2 aromatic heterocycles. The lowest BCUT2D eigenvalue weighted by atomic mass is 9.87. The van der Waals surface area contributed by atoms with E-state index in [0.29, 0.717) is 31.7 Å². The summed E-state index contributed by atoms with van der Waals surface area (Å²) in [4.78, 5) is 32.1. The highest BCUT2D eigenvalue weighted by atomic mass is 32.1. The number of allylic oxidation sites excluding steroid dienone is 1. The van der Waals surface area contributed by atoms with Crippen LogP contribution in [0.25, 0.3) is 6.08 Å². The van der Waals surface area contributed by atoms with E-state index in [-0.39, 0.29) is 24.2 Å². The van der Waals surface area contributed by atoms with Gasteiger partial charge in [-0.05, 0) is 60.9 Å². The molecule has 1 aliphatic heterocycles. The summed E-state index contributed by atoms with van der Waals surface area (Å²) in [5, 5.41) is 19.3. The summed E-state index contributed by atoms with van der Waals surface area (Å²) >= 11 is 1.53. The van der Waals surface area contributed by atoms with E-state index < -0.39 is 6.10 Å². The van der Waals surface area contributed by atoms with Gasteiger partial charge in [-0.25, -0.2) is 4.79 Å². The lowest BCUT2D eigenvalue weighted by Gasteiger charge is -2.23. The van der Waals surface area contributed by atoms with Crippen molar-refractivity contribution in [2.24, 2.45) is 5.92 Å². The van der Waals surface area contributed by atoms with Crippen molar-refractivity contribution in [1.29, 1.82) is 5.26 Å². The molecule has 8 heteroatoms. The van der Waals surface area contributed by atoms with Crippen molar-refractivity contribution >= 4 is 29.3 Å². The van der Waals surface area contributed by atoms with Crippen LogP contribution in [0, 0.1) is 17.2 Å². The minimum atomic E-state index is -0.462. The number of ether oxygens (including phenoxy) is 1. The zero-order chi connectivity index (χ0) is 22.5. The molecule has 1 amide bonds. The van der Waals surface area contributed by atoms with Gasteiger partial charge < -0.3 is 14.7 Å². The van der Waals surface area contributed by atoms with Crippen LogP contribution in [0.3, 0.4) is 0 Å². The maximum absolute atomic E-state index is 12.5. The van der Waals surface area contributed by atoms with Crippen molar-refractivity contribution < 1.29 is 19.4 Å². The number of amides is 1. The number of pyridine rings is 1. The van der Waals surface area contributed by atoms with Crippen molar-refractivity contribution in [2.75, 3.05) is 19.7 Å². The second kappa shape index (κ2) is 10.1. The fraction of sp³-hybridized carbons (Fsp3) is 0.417. The Balaban J connectivity index is 1.36. The Morgan fingerprint density at radius 1 is 1.41 bits per heavy atom. The van der Waals surface area contributed by atoms with Gasteiger partial charge in [-0.15, -0.1) is 11.3 Å². The number of carbonyl (C=O) groups excluding carboxylic acids is 2. The number of rotatable bonds is 6. The van der Waals surface area contributed by atoms with Crippen molar-refractivity contribution in [1.82, 2.24) is 9.88 Å². The van der Waals surface area contributed by atoms with E-state index in [1.54, 1.807) is 23.4 Å². The number of hydrogen-bond acceptors (Lipinski definition) is 7. The molecule has 2 aliphatic rings. The largest absolute Gasteiger partial charge is 0.449 e. The van der Waals surface area contributed by atoms with Gasteiger partial charge in [0.1, 0.15) is 6.07 Å². The van der Waals surface area contributed by atoms with Crippen LogP contribution in [0.1, 0.15) is 39.3 Å². The zero-order valence-corrected chi connectivity index (χ0v) is 18.5. The van der Waals surface area contributed by atoms with Crippen molar-refractivity contribution in [2.45, 2.75) is 38.2 Å². The van der Waals surface area contributed by atoms with Gasteiger partial charge in [0.2, 0.25) is 0 Å². The van der Waals surface area contributed by atoms with Gasteiger partial charge in [0.05, 0.1) is 18.3 Å². The number of aliphatic hydroxyl groups is 1. The Kier molecular flexibility index (Phi) is 6.98. The predicted molar refractivity (Wildman–Crippen MR) is 120 cm³/mol. The molecule has 0 saturated carbocycles. The van der Waals surface area contributed by atoms with Gasteiger partial charge in [0, 0.05) is 41.7 Å². The molecule has 4 rings (SSSR count). The lowest BCUT2D eigenvalue weighted by molar-refractivity contribution is -0.113. The minimum Gasteiger partial charge on any atom is -0.449 e. The highest BCUT2D eigenvalue weighted by Crippen LogP contribution is 2.36. The van der Waals surface area contributed by atoms with E-state index in [9.17, 15) is 20.0 Å². The fourth-order valence-electron chi connectivity index (χ4n) is 4.18. The SMILES string of the molecule is N#Cc1c(CC(=O)/C=C/c2cccnc2)sc2c1CCC(COC(=O)N1CC[C@H](O)C1)C2. The second-order valence-corrected chi connectivity index (χ2v) is 9.44. The van der Waals surface area contributed by atoms with Gasteiger partial charge in [0.25, 0.3) is 0 Å². The molecular weight excluding hydrogens is 426 g/mol. The lowest BCUT2D eigenvalue weighted by Crippen LogP contribution is -2.32. The number of thiophene rings is 1. The summed E-state index contributed by atoms with van der Waals surface area (Å²) in [7, 11) is 0. The van der Waals surface area contributed by atoms with Gasteiger partial charge in [-0.3, -0.25) is 9.78 Å². The number of ketones is 1. The number of likely N-dealkylation sites (tertiary alicyclic amines) is 1. The maximum atomic E-state index is 12.5. The van der Waals surface area contributed by atoms with Crippen LogP contribution in [0.15, 0.2) is 30.6 Å². The summed E-state index contributed by atoms with van der Waals surface area (Å²) in [5.74, 6) is 0.139. The molecule has 7 nitrogen and oxygen atoms in total. The summed E-state index contributed by atoms with van der Waals surface area (Å²) in [6.45, 7) is 1.18. The molecule has 1 N–H and O–H groups in total. The third-order valence-electron chi connectivity index (χ3n) is 5.90. The molecule has 166 valence electrons. The Hall–Kier alpha value is -3.02. The topological polar surface area (TPSA) is 104 Å². The molecule has 1 aliphatic carbocycles. The predicted octanol–water partition coefficient (Wildman–Crippen LogP) is 3.15. The number of fused-ring (bicyclic) bond motifs is 1. The molecule has 2 aromatic rings. The first kappa shape index (κ1) is 22.2. The number of aliphatic hydroxyl groups excluding tert-OH is 1. The number of aromatic nitrogens is 1. The van der Waals surface area contributed by atoms with Crippen LogP contribution in [0.5, 0.6) is 0 Å². The molecule has 1 unspecified atom stereocenters. The first-order chi connectivity index (χ1) is 15.5. The number of hydrogen-bond donors (Lipinski definition) is 1. The first-order valence-electron chi connectivity index (χ1n) is 10.8. The van der Waals surface area contributed by atoms with E-state index in [2.05, 4.69) is 11.1 Å². The van der Waals surface area contributed by atoms with E-state index in [1.165, 1.54) is 17.4 Å². The summed E-state index contributed by atoms with van der Waals surface area (Å²) in [6.07, 6.45) is 8.92. The monoisotopic (exact) mass is 451 g/mol. The molecule has 1 fully saturated rings. The van der Waals surface area contributed by atoms with Gasteiger partial charge in [-0.2, -0.15) is 5.26 Å². The normalized spacial score (nSPS) is 20.2. The Labute approximate surface area is 191 Å². The molecular formula is C24H25N3O4S. The van der Waals surface area contributed by atoms with Crippen LogP contribution in [0.4, 0.5) is 4.79 Å². The molecule has 0 radical (unpaired) electrons. The Morgan fingerprint density at radius 3 is 3.00 bits per heavy atom. The van der Waals surface area contributed by atoms with Crippen molar-refractivity contribution in [3.63, 3.8) is 0 Å². The van der Waals surface area contributed by atoms with Crippen LogP contribution >= 0.6 is 11.3 Å². The molecule has 1 saturated heterocycles. The van der Waals surface area contributed by atoms with Crippen molar-refractivity contribution in [3.05, 3.63) is 57.0 Å². The zero-order valence-electron chi connectivity index (χ0n) is 17.7. The van der Waals surface area contributed by atoms with Gasteiger partial charge in [-0.1, -0.05) is 6.07 Å². The Morgan fingerprint density at radius 2 is 2.28 bits per heavy atom. The molecule has 2 atom stereocenters. The molecule has 0 bridgehead atoms. The van der Waals surface area contributed by atoms with E-state index in [4.69, 9.17) is 4.74 Å². The second-order valence-electron chi connectivity index (χ2n) is 8.25. The maximum Gasteiger partial charge on any atom is 0.409 e. The number of β-amino-alcohol motifs (C(OH)–C–C–N with tert-alkyl or cyclic N) is 1. The number of carbonyl (C=O) groups is 2. The average molecular weight is 452 g/mol. The minimum absolute atomic E-state index is 0.0535. The highest BCUT2D eigenvalue weighted by Gasteiger charge is 2.29. The van der Waals surface area contributed by atoms with E-state index in [0.717, 1.165) is 40.1 Å². The van der Waals surface area contributed by atoms with Crippen LogP contribution < -0.4 is 0 Å². The summed E-state index contributed by atoms with van der Waals surface area (Å²) < 4.78 is 5.48. The average Bonchev–Trinajstić information content (AvgIpc) is 3.39. The number of nitrogens with zero attached hydrogens (tertiary/aromatic N) is 3. The van der Waals surface area contributed by atoms with Gasteiger partial charge in [0.15, 0.2) is 5.78 Å². The molecule has 32 heavy (non-hydrogen) atoms. The number of nitriles is 1. The van der Waals surface area contributed by atoms with Gasteiger partial charge >= 0.3 is 6.09 Å². The summed E-state index contributed by atoms with van der Waals surface area (Å²) in [5.41, 5.74) is 2.53. The summed E-state index contributed by atoms with van der Waals surface area (Å²) in [6, 6.07) is 5.99. The first-order valence-corrected chi connectivity index (χ1v) is 11.6. The standard InChI is InChI=1S/C24H25N3O4S/c25-12-21-20-6-4-17(15-31-24(30)27-9-7-19(29)14-27)10-22(20)32-23(21)11-18(28)5-3-16-2-1-8-26-13-16/h1-3,5,8,13,17,19,29H,4,6-7,9-11,14-15H2/b5-3+/t17?,19-/m0/s1. The fourth-order valence-corrected chi connectivity index (χ4v) is 5.61. The molecule has 3 heterocycles. The molecule has 0 aromatic carbocycles. The van der Waals surface area contributed by atoms with Crippen LogP contribution in [-0.2, 0) is 28.8 Å². The van der Waals surface area contributed by atoms with E-state index in [1.807, 2.05) is 12.1 Å². The smallest absolute Gasteiger partial charge is 0.409 e. The van der Waals surface area contributed by atoms with Crippen molar-refractivity contribution in [3.8, 4) is 6.07 Å². The Bertz CT molecular complexity index is 1060. The molecule has 0 spiro atoms.